The Morgan fingerprint density at radius 3 is 2.40 bits per heavy atom. The summed E-state index contributed by atoms with van der Waals surface area (Å²) in [6, 6.07) is 3.95. The predicted molar refractivity (Wildman–Crippen MR) is 217 cm³/mol. The molecule has 12 atom stereocenters. The Morgan fingerprint density at radius 2 is 1.76 bits per heavy atom. The van der Waals surface area contributed by atoms with E-state index in [1.54, 1.807) is 6.33 Å². The SMILES string of the molecule is CCN[C@@](C)(CO[C@H]1[C@H](n2ncnc2-c2ccncc2)C[C@@]23COC[C@]1(C)[C@@H]2CC[C@H]1C3=CC[C@@]2(C)[C@H](C(=O)O)[C@@](C)([C@H](C)C(C)C)CC[C@]12C)C(C)(C)C. The topological polar surface area (TPSA) is 111 Å². The Morgan fingerprint density at radius 1 is 1.05 bits per heavy atom. The van der Waals surface area contributed by atoms with E-state index in [0.717, 1.165) is 56.5 Å². The van der Waals surface area contributed by atoms with Gasteiger partial charge in [0.1, 0.15) is 6.33 Å². The maximum absolute atomic E-state index is 13.6. The van der Waals surface area contributed by atoms with E-state index in [1.807, 2.05) is 24.5 Å². The van der Waals surface area contributed by atoms with Gasteiger partial charge in [-0.2, -0.15) is 5.10 Å². The molecule has 9 nitrogen and oxygen atoms in total. The third-order valence-corrected chi connectivity index (χ3v) is 17.7. The fourth-order valence-electron chi connectivity index (χ4n) is 13.5. The minimum Gasteiger partial charge on any atom is -0.481 e. The van der Waals surface area contributed by atoms with Crippen LogP contribution in [0.1, 0.15) is 128 Å². The Bertz CT molecular complexity index is 1770. The van der Waals surface area contributed by atoms with Crippen molar-refractivity contribution in [2.75, 3.05) is 26.4 Å². The van der Waals surface area contributed by atoms with Crippen molar-refractivity contribution in [3.05, 3.63) is 42.5 Å². The van der Waals surface area contributed by atoms with Gasteiger partial charge < -0.3 is 19.9 Å². The maximum atomic E-state index is 13.6. The molecule has 304 valence electrons. The van der Waals surface area contributed by atoms with Crippen molar-refractivity contribution in [1.82, 2.24) is 25.1 Å². The molecule has 4 aliphatic carbocycles. The summed E-state index contributed by atoms with van der Waals surface area (Å²) in [6.45, 7) is 30.5. The largest absolute Gasteiger partial charge is 0.481 e. The highest BCUT2D eigenvalue weighted by Gasteiger charge is 2.72. The van der Waals surface area contributed by atoms with E-state index in [4.69, 9.17) is 19.6 Å². The number of carboxylic acid groups (broad SMARTS) is 1. The number of hydrogen-bond donors (Lipinski definition) is 2. The van der Waals surface area contributed by atoms with Gasteiger partial charge in [0.25, 0.3) is 0 Å². The molecule has 0 amide bonds. The van der Waals surface area contributed by atoms with Crippen molar-refractivity contribution >= 4 is 5.97 Å². The van der Waals surface area contributed by atoms with Crippen LogP contribution in [-0.2, 0) is 14.3 Å². The van der Waals surface area contributed by atoms with E-state index in [-0.39, 0.29) is 50.2 Å². The first-order valence-corrected chi connectivity index (χ1v) is 21.4. The van der Waals surface area contributed by atoms with Gasteiger partial charge >= 0.3 is 5.97 Å². The Balaban J connectivity index is 1.35. The molecule has 0 radical (unpaired) electrons. The van der Waals surface area contributed by atoms with Crippen molar-refractivity contribution in [3.63, 3.8) is 0 Å². The Labute approximate surface area is 331 Å². The number of carbonyl (C=O) groups is 1. The lowest BCUT2D eigenvalue weighted by Gasteiger charge is -2.71. The minimum atomic E-state index is -0.618. The van der Waals surface area contributed by atoms with Crippen LogP contribution in [0, 0.1) is 62.1 Å². The summed E-state index contributed by atoms with van der Waals surface area (Å²) in [5, 5.41) is 20.0. The molecule has 0 unspecified atom stereocenters. The van der Waals surface area contributed by atoms with Gasteiger partial charge in [-0.1, -0.05) is 87.8 Å². The van der Waals surface area contributed by atoms with E-state index < -0.39 is 11.9 Å². The lowest BCUT2D eigenvalue weighted by molar-refractivity contribution is -0.254. The number of aliphatic carboxylic acids is 1. The monoisotopic (exact) mass is 758 g/mol. The first-order chi connectivity index (χ1) is 25.7. The summed E-state index contributed by atoms with van der Waals surface area (Å²) >= 11 is 0. The summed E-state index contributed by atoms with van der Waals surface area (Å²) in [6.07, 6.45) is 13.5. The molecular formula is C46H71N5O4. The Kier molecular flexibility index (Phi) is 10.1. The number of pyridine rings is 1. The van der Waals surface area contributed by atoms with E-state index >= 15 is 0 Å². The first-order valence-electron chi connectivity index (χ1n) is 21.4. The third kappa shape index (κ3) is 5.85. The summed E-state index contributed by atoms with van der Waals surface area (Å²) < 4.78 is 16.5. The first kappa shape index (κ1) is 40.6. The van der Waals surface area contributed by atoms with Crippen LogP contribution < -0.4 is 5.32 Å². The smallest absolute Gasteiger partial charge is 0.307 e. The number of nitrogens with one attached hydrogen (secondary N) is 1. The second kappa shape index (κ2) is 13.8. The second-order valence-electron chi connectivity index (χ2n) is 21.2. The molecule has 2 aromatic rings. The number of aromatic nitrogens is 4. The van der Waals surface area contributed by atoms with Gasteiger partial charge in [-0.3, -0.25) is 9.78 Å². The summed E-state index contributed by atoms with van der Waals surface area (Å²) in [7, 11) is 0. The normalized spacial score (nSPS) is 40.3. The standard InChI is InChI=1S/C46H71N5O4/c1-13-49-45(12,40(5,6)7)26-55-37-34(51-38(48-28-50-51)31-17-22-47-23-18-31)24-46-27-54-25-42(37,9)35(46)15-14-32-33(46)16-19-44(11)36(39(52)53)41(8,30(4)29(2)3)20-21-43(32,44)10/h16-18,22-23,28-30,32,34-37,49H,13-15,19-21,24-27H2,1-12H3,(H,52,53)/t30-,32+,34-,35+,36-,37+,41-,42-,43-,44+,45+,46+/m1/s1. The molecular weight excluding hydrogens is 687 g/mol. The number of fused-ring (bicyclic) bond motifs is 3. The lowest BCUT2D eigenvalue weighted by Crippen LogP contribution is -2.69. The van der Waals surface area contributed by atoms with E-state index in [0.29, 0.717) is 43.5 Å². The van der Waals surface area contributed by atoms with Gasteiger partial charge in [0.15, 0.2) is 5.82 Å². The summed E-state index contributed by atoms with van der Waals surface area (Å²) in [5.74, 6) is 1.19. The molecule has 9 heteroatoms. The number of hydrogen-bond acceptors (Lipinski definition) is 7. The van der Waals surface area contributed by atoms with Crippen LogP contribution in [0.3, 0.4) is 0 Å². The molecule has 0 spiro atoms. The minimum absolute atomic E-state index is 0.0414. The summed E-state index contributed by atoms with van der Waals surface area (Å²) in [4.78, 5) is 22.8. The summed E-state index contributed by atoms with van der Waals surface area (Å²) in [5.41, 5.74) is 0.932. The average molecular weight is 758 g/mol. The molecule has 2 aromatic heterocycles. The molecule has 1 saturated heterocycles. The zero-order valence-electron chi connectivity index (χ0n) is 36.0. The molecule has 0 aromatic carbocycles. The number of likely N-dealkylation sites (N-methyl/N-ethyl adjacent to an activating group) is 1. The quantitative estimate of drug-likeness (QED) is 0.231. The average Bonchev–Trinajstić information content (AvgIpc) is 3.61. The molecule has 5 aliphatic rings. The van der Waals surface area contributed by atoms with Crippen LogP contribution >= 0.6 is 0 Å². The fraction of sp³-hybridized carbons (Fsp3) is 0.783. The van der Waals surface area contributed by atoms with Crippen LogP contribution in [0.5, 0.6) is 0 Å². The number of ether oxygens (including phenoxy) is 2. The fourth-order valence-corrected chi connectivity index (χ4v) is 13.5. The zero-order valence-corrected chi connectivity index (χ0v) is 36.0. The number of carboxylic acids is 1. The molecule has 3 heterocycles. The van der Waals surface area contributed by atoms with Crippen molar-refractivity contribution in [2.45, 2.75) is 139 Å². The highest BCUT2D eigenvalue weighted by atomic mass is 16.5. The molecule has 3 saturated carbocycles. The van der Waals surface area contributed by atoms with E-state index in [9.17, 15) is 9.90 Å². The highest BCUT2D eigenvalue weighted by Crippen LogP contribution is 2.75. The molecule has 2 bridgehead atoms. The van der Waals surface area contributed by atoms with Crippen LogP contribution in [0.2, 0.25) is 0 Å². The van der Waals surface area contributed by atoms with Crippen molar-refractivity contribution in [2.24, 2.45) is 62.1 Å². The van der Waals surface area contributed by atoms with Gasteiger partial charge in [0.05, 0.1) is 37.9 Å². The number of nitrogens with zero attached hydrogens (tertiary/aromatic N) is 4. The van der Waals surface area contributed by atoms with E-state index in [2.05, 4.69) is 104 Å². The molecule has 1 aliphatic heterocycles. The zero-order chi connectivity index (χ0) is 40.0. The third-order valence-electron chi connectivity index (χ3n) is 17.7. The van der Waals surface area contributed by atoms with Crippen molar-refractivity contribution in [3.8, 4) is 11.4 Å². The predicted octanol–water partition coefficient (Wildman–Crippen LogP) is 9.27. The Hall–Kier alpha value is -2.62. The van der Waals surface area contributed by atoms with Crippen LogP contribution in [0.4, 0.5) is 0 Å². The number of allylic oxidation sites excluding steroid dienone is 1. The van der Waals surface area contributed by atoms with Crippen LogP contribution in [-0.4, -0.2) is 68.8 Å². The van der Waals surface area contributed by atoms with Gasteiger partial charge in [0, 0.05) is 34.3 Å². The molecule has 7 rings (SSSR count). The maximum Gasteiger partial charge on any atom is 0.307 e. The molecule has 2 N–H and O–H groups in total. The van der Waals surface area contributed by atoms with Gasteiger partial charge in [-0.25, -0.2) is 9.67 Å². The number of rotatable bonds is 10. The molecule has 4 fully saturated rings. The highest BCUT2D eigenvalue weighted by molar-refractivity contribution is 5.73. The van der Waals surface area contributed by atoms with Crippen LogP contribution in [0.25, 0.3) is 11.4 Å². The van der Waals surface area contributed by atoms with Crippen molar-refractivity contribution in [1.29, 1.82) is 0 Å². The van der Waals surface area contributed by atoms with Crippen LogP contribution in [0.15, 0.2) is 42.5 Å². The van der Waals surface area contributed by atoms with E-state index in [1.165, 1.54) is 5.57 Å². The van der Waals surface area contributed by atoms with Gasteiger partial charge in [0.2, 0.25) is 0 Å². The van der Waals surface area contributed by atoms with Gasteiger partial charge in [-0.15, -0.1) is 0 Å². The second-order valence-corrected chi connectivity index (χ2v) is 21.2. The lowest BCUT2D eigenvalue weighted by atomic mass is 9.34. The van der Waals surface area contributed by atoms with Gasteiger partial charge in [-0.05, 0) is 109 Å². The van der Waals surface area contributed by atoms with Crippen molar-refractivity contribution < 1.29 is 19.4 Å². The molecule has 55 heavy (non-hydrogen) atoms.